The lowest BCUT2D eigenvalue weighted by Gasteiger charge is -2.15. The highest BCUT2D eigenvalue weighted by Gasteiger charge is 2.13. The zero-order valence-corrected chi connectivity index (χ0v) is 11.4. The SMILES string of the molecule is CCC(O)COc1c(Br)cc(C=O)cc1OC. The molecule has 0 aliphatic heterocycles. The molecule has 1 atom stereocenters. The summed E-state index contributed by atoms with van der Waals surface area (Å²) >= 11 is 3.31. The van der Waals surface area contributed by atoms with Gasteiger partial charge in [-0.1, -0.05) is 6.92 Å². The maximum atomic E-state index is 10.7. The van der Waals surface area contributed by atoms with Crippen molar-refractivity contribution < 1.29 is 19.4 Å². The van der Waals surface area contributed by atoms with E-state index in [2.05, 4.69) is 15.9 Å². The van der Waals surface area contributed by atoms with Crippen molar-refractivity contribution in [1.29, 1.82) is 0 Å². The Kier molecular flexibility index (Phi) is 5.44. The summed E-state index contributed by atoms with van der Waals surface area (Å²) in [5.74, 6) is 0.954. The van der Waals surface area contributed by atoms with Gasteiger partial charge in [-0.05, 0) is 34.5 Å². The van der Waals surface area contributed by atoms with Gasteiger partial charge in [-0.3, -0.25) is 4.79 Å². The number of halogens is 1. The highest BCUT2D eigenvalue weighted by molar-refractivity contribution is 9.10. The number of rotatable bonds is 6. The molecule has 0 radical (unpaired) electrons. The molecular weight excluding hydrogens is 288 g/mol. The summed E-state index contributed by atoms with van der Waals surface area (Å²) in [5, 5.41) is 9.44. The zero-order valence-electron chi connectivity index (χ0n) is 9.77. The lowest BCUT2D eigenvalue weighted by molar-refractivity contribution is 0.102. The van der Waals surface area contributed by atoms with Crippen LogP contribution in [-0.2, 0) is 0 Å². The molecule has 0 amide bonds. The van der Waals surface area contributed by atoms with Crippen LogP contribution in [0.15, 0.2) is 16.6 Å². The van der Waals surface area contributed by atoms with E-state index in [1.165, 1.54) is 7.11 Å². The van der Waals surface area contributed by atoms with E-state index in [9.17, 15) is 9.90 Å². The molecule has 0 heterocycles. The molecule has 0 saturated carbocycles. The van der Waals surface area contributed by atoms with Crippen LogP contribution in [0.3, 0.4) is 0 Å². The lowest BCUT2D eigenvalue weighted by Crippen LogP contribution is -2.16. The van der Waals surface area contributed by atoms with Gasteiger partial charge in [0, 0.05) is 5.56 Å². The van der Waals surface area contributed by atoms with Crippen molar-refractivity contribution in [1.82, 2.24) is 0 Å². The number of hydrogen-bond donors (Lipinski definition) is 1. The summed E-state index contributed by atoms with van der Waals surface area (Å²) in [5.41, 5.74) is 0.497. The predicted molar refractivity (Wildman–Crippen MR) is 67.9 cm³/mol. The Labute approximate surface area is 109 Å². The van der Waals surface area contributed by atoms with E-state index < -0.39 is 6.10 Å². The molecule has 0 aromatic heterocycles. The van der Waals surface area contributed by atoms with E-state index in [0.29, 0.717) is 28.0 Å². The van der Waals surface area contributed by atoms with Crippen molar-refractivity contribution >= 4 is 22.2 Å². The molecule has 17 heavy (non-hydrogen) atoms. The number of ether oxygens (including phenoxy) is 2. The fraction of sp³-hybridized carbons (Fsp3) is 0.417. The largest absolute Gasteiger partial charge is 0.493 e. The minimum Gasteiger partial charge on any atom is -0.493 e. The average Bonchev–Trinajstić information content (AvgIpc) is 2.35. The van der Waals surface area contributed by atoms with Crippen LogP contribution >= 0.6 is 15.9 Å². The highest BCUT2D eigenvalue weighted by Crippen LogP contribution is 2.36. The Hall–Kier alpha value is -1.07. The van der Waals surface area contributed by atoms with Gasteiger partial charge in [-0.25, -0.2) is 0 Å². The smallest absolute Gasteiger partial charge is 0.175 e. The van der Waals surface area contributed by atoms with Gasteiger partial charge in [0.1, 0.15) is 12.9 Å². The Morgan fingerprint density at radius 3 is 2.76 bits per heavy atom. The first-order valence-electron chi connectivity index (χ1n) is 5.26. The molecule has 1 unspecified atom stereocenters. The number of carbonyl (C=O) groups is 1. The summed E-state index contributed by atoms with van der Waals surface area (Å²) < 4.78 is 11.2. The zero-order chi connectivity index (χ0) is 12.8. The van der Waals surface area contributed by atoms with Gasteiger partial charge in [-0.15, -0.1) is 0 Å². The topological polar surface area (TPSA) is 55.8 Å². The first-order chi connectivity index (χ1) is 8.12. The summed E-state index contributed by atoms with van der Waals surface area (Å²) in [6.45, 7) is 2.06. The van der Waals surface area contributed by atoms with Crippen molar-refractivity contribution in [2.24, 2.45) is 0 Å². The van der Waals surface area contributed by atoms with Crippen molar-refractivity contribution in [2.75, 3.05) is 13.7 Å². The number of hydrogen-bond acceptors (Lipinski definition) is 4. The second-order valence-corrected chi connectivity index (χ2v) is 4.38. The van der Waals surface area contributed by atoms with Crippen molar-refractivity contribution in [3.05, 3.63) is 22.2 Å². The maximum Gasteiger partial charge on any atom is 0.175 e. The molecule has 94 valence electrons. The minimum absolute atomic E-state index is 0.186. The van der Waals surface area contributed by atoms with E-state index in [4.69, 9.17) is 9.47 Å². The van der Waals surface area contributed by atoms with E-state index in [0.717, 1.165) is 6.29 Å². The second-order valence-electron chi connectivity index (χ2n) is 3.53. The van der Waals surface area contributed by atoms with Crippen LogP contribution in [0.1, 0.15) is 23.7 Å². The molecule has 1 N–H and O–H groups in total. The molecule has 1 rings (SSSR count). The predicted octanol–water partition coefficient (Wildman–Crippen LogP) is 2.42. The number of aliphatic hydroxyl groups is 1. The Balaban J connectivity index is 2.93. The third-order valence-electron chi connectivity index (χ3n) is 2.28. The molecule has 0 saturated heterocycles. The van der Waals surface area contributed by atoms with Gasteiger partial charge >= 0.3 is 0 Å². The molecule has 0 fully saturated rings. The van der Waals surface area contributed by atoms with Gasteiger partial charge < -0.3 is 14.6 Å². The minimum atomic E-state index is -0.516. The van der Waals surface area contributed by atoms with Crippen LogP contribution in [0, 0.1) is 0 Å². The standard InChI is InChI=1S/C12H15BrO4/c1-3-9(15)7-17-12-10(13)4-8(6-14)5-11(12)16-2/h4-6,9,15H,3,7H2,1-2H3. The monoisotopic (exact) mass is 302 g/mol. The van der Waals surface area contributed by atoms with Crippen molar-refractivity contribution in [2.45, 2.75) is 19.4 Å². The molecule has 0 spiro atoms. The lowest BCUT2D eigenvalue weighted by atomic mass is 10.2. The van der Waals surface area contributed by atoms with E-state index in [1.54, 1.807) is 12.1 Å². The van der Waals surface area contributed by atoms with Gasteiger partial charge in [0.2, 0.25) is 0 Å². The van der Waals surface area contributed by atoms with E-state index in [-0.39, 0.29) is 6.61 Å². The quantitative estimate of drug-likeness (QED) is 0.820. The van der Waals surface area contributed by atoms with E-state index >= 15 is 0 Å². The van der Waals surface area contributed by atoms with E-state index in [1.807, 2.05) is 6.92 Å². The third kappa shape index (κ3) is 3.71. The fourth-order valence-corrected chi connectivity index (χ4v) is 1.82. The third-order valence-corrected chi connectivity index (χ3v) is 2.87. The van der Waals surface area contributed by atoms with Crippen molar-refractivity contribution in [3.8, 4) is 11.5 Å². The van der Waals surface area contributed by atoms with Crippen LogP contribution in [0.5, 0.6) is 11.5 Å². The van der Waals surface area contributed by atoms with Gasteiger partial charge in [0.25, 0.3) is 0 Å². The Morgan fingerprint density at radius 2 is 2.24 bits per heavy atom. The summed E-state index contributed by atoms with van der Waals surface area (Å²) in [6.07, 6.45) is 0.835. The maximum absolute atomic E-state index is 10.7. The van der Waals surface area contributed by atoms with Gasteiger partial charge in [0.15, 0.2) is 11.5 Å². The molecule has 0 aliphatic carbocycles. The number of methoxy groups -OCH3 is 1. The van der Waals surface area contributed by atoms with Crippen LogP contribution in [0.2, 0.25) is 0 Å². The van der Waals surface area contributed by atoms with Gasteiger partial charge in [0.05, 0.1) is 17.7 Å². The van der Waals surface area contributed by atoms with Crippen LogP contribution in [0.25, 0.3) is 0 Å². The number of aliphatic hydroxyl groups excluding tert-OH is 1. The molecule has 1 aromatic carbocycles. The summed E-state index contributed by atoms with van der Waals surface area (Å²) in [7, 11) is 1.50. The average molecular weight is 303 g/mol. The molecule has 0 aliphatic rings. The number of aldehydes is 1. The normalized spacial score (nSPS) is 12.0. The van der Waals surface area contributed by atoms with Crippen LogP contribution in [-0.4, -0.2) is 31.2 Å². The fourth-order valence-electron chi connectivity index (χ4n) is 1.25. The Morgan fingerprint density at radius 1 is 1.53 bits per heavy atom. The number of carbonyl (C=O) groups excluding carboxylic acids is 1. The first-order valence-corrected chi connectivity index (χ1v) is 6.05. The van der Waals surface area contributed by atoms with Crippen molar-refractivity contribution in [3.63, 3.8) is 0 Å². The molecule has 1 aromatic rings. The summed E-state index contributed by atoms with van der Waals surface area (Å²) in [4.78, 5) is 10.7. The first kappa shape index (κ1) is 14.0. The summed E-state index contributed by atoms with van der Waals surface area (Å²) in [6, 6.07) is 3.23. The molecule has 0 bridgehead atoms. The molecular formula is C12H15BrO4. The highest BCUT2D eigenvalue weighted by atomic mass is 79.9. The number of benzene rings is 1. The second kappa shape index (κ2) is 6.61. The molecule has 4 nitrogen and oxygen atoms in total. The van der Waals surface area contributed by atoms with Crippen LogP contribution in [0.4, 0.5) is 0 Å². The molecule has 5 heteroatoms. The van der Waals surface area contributed by atoms with Gasteiger partial charge in [-0.2, -0.15) is 0 Å². The Bertz CT molecular complexity index is 392. The van der Waals surface area contributed by atoms with Crippen LogP contribution < -0.4 is 9.47 Å².